The summed E-state index contributed by atoms with van der Waals surface area (Å²) in [5, 5.41) is 9.05. The van der Waals surface area contributed by atoms with Crippen molar-refractivity contribution >= 4 is 41.5 Å². The van der Waals surface area contributed by atoms with E-state index in [0.717, 1.165) is 31.5 Å². The maximum absolute atomic E-state index is 11.9. The van der Waals surface area contributed by atoms with Gasteiger partial charge in [-0.2, -0.15) is 0 Å². The molecule has 0 bridgehead atoms. The minimum Gasteiger partial charge on any atom is -0.356 e. The summed E-state index contributed by atoms with van der Waals surface area (Å²) in [5.74, 6) is 0.572. The molecule has 0 unspecified atom stereocenters. The number of amides is 1. The zero-order chi connectivity index (χ0) is 15.5. The second-order valence-electron chi connectivity index (χ2n) is 4.81. The number of benzene rings is 1. The van der Waals surface area contributed by atoms with Crippen LogP contribution < -0.4 is 16.0 Å². The van der Waals surface area contributed by atoms with Crippen LogP contribution in [0.5, 0.6) is 0 Å². The molecule has 1 rings (SSSR count). The number of carbonyl (C=O) groups is 1. The van der Waals surface area contributed by atoms with E-state index in [4.69, 9.17) is 0 Å². The number of aliphatic imine (C=N–C) groups is 1. The second-order valence-corrected chi connectivity index (χ2v) is 4.81. The number of aryl methyl sites for hydroxylation is 1. The molecule has 0 saturated heterocycles. The van der Waals surface area contributed by atoms with Crippen molar-refractivity contribution in [2.75, 3.05) is 25.5 Å². The standard InChI is InChI=1S/C16H26N4O.HI/c1-4-6-10-18-16(17-3)19-12-15(21)20-14-9-7-8-13(5-2)11-14;/h7-9,11H,4-6,10,12H2,1-3H3,(H,20,21)(H2,17,18,19);1H. The Balaban J connectivity index is 0.00000441. The van der Waals surface area contributed by atoms with Gasteiger partial charge in [-0.25, -0.2) is 0 Å². The predicted molar refractivity (Wildman–Crippen MR) is 104 cm³/mol. The largest absolute Gasteiger partial charge is 0.356 e. The molecule has 1 amide bonds. The van der Waals surface area contributed by atoms with Crippen LogP contribution in [0, 0.1) is 0 Å². The van der Waals surface area contributed by atoms with E-state index in [9.17, 15) is 4.79 Å². The van der Waals surface area contributed by atoms with Gasteiger partial charge in [0.2, 0.25) is 5.91 Å². The molecule has 0 aliphatic carbocycles. The van der Waals surface area contributed by atoms with Gasteiger partial charge in [0.1, 0.15) is 0 Å². The highest BCUT2D eigenvalue weighted by Gasteiger charge is 2.04. The van der Waals surface area contributed by atoms with Crippen LogP contribution in [0.1, 0.15) is 32.3 Å². The third-order valence-corrected chi connectivity index (χ3v) is 3.08. The lowest BCUT2D eigenvalue weighted by atomic mass is 10.1. The van der Waals surface area contributed by atoms with Crippen LogP contribution in [0.2, 0.25) is 0 Å². The van der Waals surface area contributed by atoms with Crippen molar-refractivity contribution in [1.29, 1.82) is 0 Å². The van der Waals surface area contributed by atoms with Crippen molar-refractivity contribution in [3.63, 3.8) is 0 Å². The van der Waals surface area contributed by atoms with Crippen molar-refractivity contribution in [3.05, 3.63) is 29.8 Å². The molecule has 0 atom stereocenters. The number of guanidine groups is 1. The normalized spacial score (nSPS) is 10.6. The summed E-state index contributed by atoms with van der Waals surface area (Å²) in [6.45, 7) is 5.28. The molecule has 0 spiro atoms. The van der Waals surface area contributed by atoms with Gasteiger partial charge in [-0.1, -0.05) is 32.4 Å². The number of nitrogens with zero attached hydrogens (tertiary/aromatic N) is 1. The molecule has 1 aromatic carbocycles. The lowest BCUT2D eigenvalue weighted by molar-refractivity contribution is -0.115. The van der Waals surface area contributed by atoms with Crippen LogP contribution in [0.4, 0.5) is 5.69 Å². The summed E-state index contributed by atoms with van der Waals surface area (Å²) in [5.41, 5.74) is 2.04. The molecule has 3 N–H and O–H groups in total. The predicted octanol–water partition coefficient (Wildman–Crippen LogP) is 2.77. The Morgan fingerprint density at radius 2 is 2.00 bits per heavy atom. The number of hydrogen-bond donors (Lipinski definition) is 3. The van der Waals surface area contributed by atoms with Gasteiger partial charge >= 0.3 is 0 Å². The monoisotopic (exact) mass is 418 g/mol. The molecule has 0 radical (unpaired) electrons. The molecule has 1 aromatic rings. The number of anilines is 1. The Morgan fingerprint density at radius 3 is 2.64 bits per heavy atom. The number of hydrogen-bond acceptors (Lipinski definition) is 2. The fraction of sp³-hybridized carbons (Fsp3) is 0.500. The number of carbonyl (C=O) groups excluding carboxylic acids is 1. The first-order valence-corrected chi connectivity index (χ1v) is 7.52. The van der Waals surface area contributed by atoms with Crippen molar-refractivity contribution in [3.8, 4) is 0 Å². The van der Waals surface area contributed by atoms with Crippen LogP contribution in [-0.4, -0.2) is 32.0 Å². The third kappa shape index (κ3) is 8.21. The Labute approximate surface area is 150 Å². The Bertz CT molecular complexity index is 477. The number of halogens is 1. The van der Waals surface area contributed by atoms with Gasteiger partial charge in [0, 0.05) is 19.3 Å². The average molecular weight is 418 g/mol. The smallest absolute Gasteiger partial charge is 0.243 e. The maximum Gasteiger partial charge on any atom is 0.243 e. The van der Waals surface area contributed by atoms with E-state index >= 15 is 0 Å². The van der Waals surface area contributed by atoms with Crippen molar-refractivity contribution < 1.29 is 4.79 Å². The fourth-order valence-corrected chi connectivity index (χ4v) is 1.84. The first-order valence-electron chi connectivity index (χ1n) is 7.52. The lowest BCUT2D eigenvalue weighted by Crippen LogP contribution is -2.41. The molecule has 0 aliphatic heterocycles. The van der Waals surface area contributed by atoms with Crippen LogP contribution in [-0.2, 0) is 11.2 Å². The van der Waals surface area contributed by atoms with Crippen LogP contribution in [0.3, 0.4) is 0 Å². The lowest BCUT2D eigenvalue weighted by Gasteiger charge is -2.12. The van der Waals surface area contributed by atoms with Gasteiger partial charge in [-0.3, -0.25) is 9.79 Å². The van der Waals surface area contributed by atoms with E-state index in [-0.39, 0.29) is 36.4 Å². The highest BCUT2D eigenvalue weighted by molar-refractivity contribution is 14.0. The van der Waals surface area contributed by atoms with E-state index in [0.29, 0.717) is 5.96 Å². The van der Waals surface area contributed by atoms with Crippen molar-refractivity contribution in [2.45, 2.75) is 33.1 Å². The van der Waals surface area contributed by atoms with Crippen molar-refractivity contribution in [2.24, 2.45) is 4.99 Å². The molecule has 22 heavy (non-hydrogen) atoms. The molecule has 0 fully saturated rings. The fourth-order valence-electron chi connectivity index (χ4n) is 1.84. The van der Waals surface area contributed by atoms with Gasteiger partial charge in [0.15, 0.2) is 5.96 Å². The van der Waals surface area contributed by atoms with Gasteiger partial charge in [0.25, 0.3) is 0 Å². The molecule has 0 aliphatic rings. The molecular weight excluding hydrogens is 391 g/mol. The highest BCUT2D eigenvalue weighted by atomic mass is 127. The molecule has 0 saturated carbocycles. The topological polar surface area (TPSA) is 65.5 Å². The van der Waals surface area contributed by atoms with Crippen LogP contribution in [0.15, 0.2) is 29.3 Å². The van der Waals surface area contributed by atoms with E-state index in [1.165, 1.54) is 5.56 Å². The minimum absolute atomic E-state index is 0. The average Bonchev–Trinajstić information content (AvgIpc) is 2.51. The number of rotatable bonds is 7. The number of nitrogens with one attached hydrogen (secondary N) is 3. The van der Waals surface area contributed by atoms with Gasteiger partial charge in [-0.05, 0) is 30.5 Å². The summed E-state index contributed by atoms with van der Waals surface area (Å²) < 4.78 is 0. The molecule has 0 heterocycles. The summed E-state index contributed by atoms with van der Waals surface area (Å²) in [4.78, 5) is 16.0. The summed E-state index contributed by atoms with van der Waals surface area (Å²) >= 11 is 0. The quantitative estimate of drug-likeness (QED) is 0.276. The molecule has 5 nitrogen and oxygen atoms in total. The van der Waals surface area contributed by atoms with E-state index in [1.54, 1.807) is 7.05 Å². The van der Waals surface area contributed by atoms with E-state index in [2.05, 4.69) is 34.8 Å². The molecule has 124 valence electrons. The highest BCUT2D eigenvalue weighted by Crippen LogP contribution is 2.10. The Hall–Kier alpha value is -1.31. The Morgan fingerprint density at radius 1 is 1.23 bits per heavy atom. The second kappa shape index (κ2) is 12.3. The van der Waals surface area contributed by atoms with Gasteiger partial charge in [0.05, 0.1) is 6.54 Å². The van der Waals surface area contributed by atoms with E-state index in [1.807, 2.05) is 24.3 Å². The first kappa shape index (κ1) is 20.7. The SMILES string of the molecule is CCCCNC(=NC)NCC(=O)Nc1cccc(CC)c1.I. The van der Waals surface area contributed by atoms with Gasteiger partial charge < -0.3 is 16.0 Å². The number of unbranched alkanes of at least 4 members (excludes halogenated alkanes) is 1. The van der Waals surface area contributed by atoms with Crippen LogP contribution in [0.25, 0.3) is 0 Å². The summed E-state index contributed by atoms with van der Waals surface area (Å²) in [6.07, 6.45) is 3.16. The maximum atomic E-state index is 11.9. The molecule has 0 aromatic heterocycles. The Kier molecular flexibility index (Phi) is 11.5. The van der Waals surface area contributed by atoms with E-state index < -0.39 is 0 Å². The first-order chi connectivity index (χ1) is 10.2. The van der Waals surface area contributed by atoms with Crippen molar-refractivity contribution in [1.82, 2.24) is 10.6 Å². The van der Waals surface area contributed by atoms with Crippen LogP contribution >= 0.6 is 24.0 Å². The zero-order valence-corrected chi connectivity index (χ0v) is 15.9. The minimum atomic E-state index is -0.0818. The van der Waals surface area contributed by atoms with Gasteiger partial charge in [-0.15, -0.1) is 24.0 Å². The molecule has 6 heteroatoms. The summed E-state index contributed by atoms with van der Waals surface area (Å²) in [7, 11) is 1.70. The zero-order valence-electron chi connectivity index (χ0n) is 13.6. The summed E-state index contributed by atoms with van der Waals surface area (Å²) in [6, 6.07) is 7.89. The molecular formula is C16H27IN4O. The third-order valence-electron chi connectivity index (χ3n) is 3.08.